The number of nitrogens with zero attached hydrogens (tertiary/aromatic N) is 3. The van der Waals surface area contributed by atoms with Gasteiger partial charge in [-0.1, -0.05) is 48.5 Å². The molecule has 8 heteroatoms. The molecule has 43 heavy (non-hydrogen) atoms. The van der Waals surface area contributed by atoms with E-state index in [1.54, 1.807) is 32.7 Å². The Morgan fingerprint density at radius 1 is 0.860 bits per heavy atom. The van der Waals surface area contributed by atoms with Gasteiger partial charge in [0.05, 0.1) is 27.9 Å². The third-order valence-corrected chi connectivity index (χ3v) is 8.96. The predicted octanol–water partition coefficient (Wildman–Crippen LogP) is 6.51. The Kier molecular flexibility index (Phi) is 10.7. The van der Waals surface area contributed by atoms with E-state index in [-0.39, 0.29) is 5.91 Å². The lowest BCUT2D eigenvalue weighted by Gasteiger charge is -2.31. The van der Waals surface area contributed by atoms with Gasteiger partial charge in [-0.05, 0) is 72.6 Å². The molecular formula is C35H41N3O4S. The van der Waals surface area contributed by atoms with Crippen molar-refractivity contribution in [2.45, 2.75) is 38.8 Å². The van der Waals surface area contributed by atoms with E-state index in [2.05, 4.69) is 53.4 Å². The van der Waals surface area contributed by atoms with Crippen molar-refractivity contribution in [3.05, 3.63) is 106 Å². The number of hydrogen-bond acceptors (Lipinski definition) is 7. The lowest BCUT2D eigenvalue weighted by molar-refractivity contribution is 0.0685. The molecule has 1 aliphatic rings. The van der Waals surface area contributed by atoms with E-state index in [4.69, 9.17) is 19.2 Å². The van der Waals surface area contributed by atoms with Crippen molar-refractivity contribution in [2.24, 2.45) is 5.92 Å². The van der Waals surface area contributed by atoms with E-state index in [0.717, 1.165) is 74.1 Å². The molecule has 1 aliphatic heterocycles. The minimum Gasteiger partial charge on any atom is -0.497 e. The van der Waals surface area contributed by atoms with Crippen LogP contribution in [-0.2, 0) is 25.9 Å². The maximum absolute atomic E-state index is 13.4. The molecule has 2 heterocycles. The summed E-state index contributed by atoms with van der Waals surface area (Å²) in [6.07, 6.45) is 3.98. The van der Waals surface area contributed by atoms with Crippen LogP contribution < -0.4 is 14.2 Å². The molecule has 4 aromatic rings. The van der Waals surface area contributed by atoms with E-state index in [1.165, 1.54) is 16.7 Å². The Labute approximate surface area is 259 Å². The van der Waals surface area contributed by atoms with E-state index in [1.807, 2.05) is 34.5 Å². The highest BCUT2D eigenvalue weighted by molar-refractivity contribution is 7.09. The van der Waals surface area contributed by atoms with Crippen LogP contribution in [0.5, 0.6) is 17.2 Å². The molecule has 1 saturated heterocycles. The monoisotopic (exact) mass is 599 g/mol. The van der Waals surface area contributed by atoms with Gasteiger partial charge in [-0.25, -0.2) is 4.98 Å². The number of methoxy groups -OCH3 is 3. The van der Waals surface area contributed by atoms with Crippen LogP contribution in [0.15, 0.2) is 78.2 Å². The smallest absolute Gasteiger partial charge is 0.273 e. The Hall–Kier alpha value is -3.88. The molecule has 0 radical (unpaired) electrons. The molecule has 0 bridgehead atoms. The molecule has 0 saturated carbocycles. The maximum Gasteiger partial charge on any atom is 0.273 e. The molecule has 1 amide bonds. The van der Waals surface area contributed by atoms with E-state index < -0.39 is 0 Å². The molecule has 0 unspecified atom stereocenters. The fourth-order valence-electron chi connectivity index (χ4n) is 5.65. The van der Waals surface area contributed by atoms with Crippen molar-refractivity contribution in [3.8, 4) is 17.2 Å². The highest BCUT2D eigenvalue weighted by atomic mass is 32.1. The number of ether oxygens (including phenoxy) is 3. The van der Waals surface area contributed by atoms with Gasteiger partial charge in [0.15, 0.2) is 11.5 Å². The van der Waals surface area contributed by atoms with Gasteiger partial charge in [0.25, 0.3) is 5.91 Å². The Bertz CT molecular complexity index is 1450. The molecule has 0 N–H and O–H groups in total. The van der Waals surface area contributed by atoms with Crippen LogP contribution in [0.25, 0.3) is 0 Å². The van der Waals surface area contributed by atoms with Gasteiger partial charge in [-0.3, -0.25) is 9.69 Å². The van der Waals surface area contributed by atoms with E-state index in [9.17, 15) is 4.79 Å². The van der Waals surface area contributed by atoms with Gasteiger partial charge in [0, 0.05) is 31.6 Å². The summed E-state index contributed by atoms with van der Waals surface area (Å²) in [6.45, 7) is 3.82. The number of carbonyl (C=O) groups is 1. The normalized spacial score (nSPS) is 13.7. The predicted molar refractivity (Wildman–Crippen MR) is 171 cm³/mol. The summed E-state index contributed by atoms with van der Waals surface area (Å²) in [6, 6.07) is 24.9. The van der Waals surface area contributed by atoms with Gasteiger partial charge in [-0.15, -0.1) is 11.3 Å². The van der Waals surface area contributed by atoms with Crippen molar-refractivity contribution in [1.29, 1.82) is 0 Å². The fourth-order valence-corrected chi connectivity index (χ4v) is 6.46. The fraction of sp³-hybridized carbons (Fsp3) is 0.371. The molecule has 5 rings (SSSR count). The number of rotatable bonds is 13. The van der Waals surface area contributed by atoms with Gasteiger partial charge < -0.3 is 19.1 Å². The van der Waals surface area contributed by atoms with Crippen molar-refractivity contribution in [2.75, 3.05) is 41.0 Å². The first kappa shape index (κ1) is 30.6. The van der Waals surface area contributed by atoms with Crippen molar-refractivity contribution < 1.29 is 19.0 Å². The molecule has 1 aromatic heterocycles. The highest BCUT2D eigenvalue weighted by Crippen LogP contribution is 2.28. The Morgan fingerprint density at radius 2 is 1.58 bits per heavy atom. The van der Waals surface area contributed by atoms with Crippen LogP contribution >= 0.6 is 11.3 Å². The average molecular weight is 600 g/mol. The van der Waals surface area contributed by atoms with Crippen molar-refractivity contribution in [1.82, 2.24) is 14.8 Å². The van der Waals surface area contributed by atoms with Crippen LogP contribution in [0.4, 0.5) is 0 Å². The quantitative estimate of drug-likeness (QED) is 0.175. The van der Waals surface area contributed by atoms with Gasteiger partial charge >= 0.3 is 0 Å². The number of carbonyl (C=O) groups excluding carboxylic acids is 1. The summed E-state index contributed by atoms with van der Waals surface area (Å²) in [5.74, 6) is 2.96. The summed E-state index contributed by atoms with van der Waals surface area (Å²) < 4.78 is 16.3. The molecule has 226 valence electrons. The van der Waals surface area contributed by atoms with Gasteiger partial charge in [0.2, 0.25) is 0 Å². The molecule has 7 nitrogen and oxygen atoms in total. The zero-order valence-corrected chi connectivity index (χ0v) is 26.1. The topological polar surface area (TPSA) is 64.1 Å². The van der Waals surface area contributed by atoms with Crippen molar-refractivity contribution >= 4 is 17.2 Å². The molecule has 1 fully saturated rings. The summed E-state index contributed by atoms with van der Waals surface area (Å²) in [4.78, 5) is 22.5. The van der Waals surface area contributed by atoms with Crippen molar-refractivity contribution in [3.63, 3.8) is 0 Å². The molecule has 3 aromatic carbocycles. The third-order valence-electron chi connectivity index (χ3n) is 8.13. The Balaban J connectivity index is 1.21. The SMILES string of the molecule is COc1ccc(CN(CCc2ccc(OC)c(OC)c2)Cc2nc(C(=O)N3CCC(Cc4ccccc4)CC3)cs2)cc1. The minimum atomic E-state index is 0.0488. The lowest BCUT2D eigenvalue weighted by Crippen LogP contribution is -2.39. The maximum atomic E-state index is 13.4. The number of amides is 1. The number of aromatic nitrogens is 1. The van der Waals surface area contributed by atoms with Crippen LogP contribution in [0.2, 0.25) is 0 Å². The summed E-state index contributed by atoms with van der Waals surface area (Å²) in [5.41, 5.74) is 4.30. The minimum absolute atomic E-state index is 0.0488. The second kappa shape index (κ2) is 15.0. The highest BCUT2D eigenvalue weighted by Gasteiger charge is 2.25. The molecular weight excluding hydrogens is 558 g/mol. The first-order chi connectivity index (χ1) is 21.0. The van der Waals surface area contributed by atoms with Crippen LogP contribution in [0, 0.1) is 5.92 Å². The molecule has 0 aliphatic carbocycles. The first-order valence-electron chi connectivity index (χ1n) is 14.9. The first-order valence-corrected chi connectivity index (χ1v) is 15.8. The zero-order chi connectivity index (χ0) is 30.0. The zero-order valence-electron chi connectivity index (χ0n) is 25.3. The summed E-state index contributed by atoms with van der Waals surface area (Å²) >= 11 is 1.57. The number of benzene rings is 3. The average Bonchev–Trinajstić information content (AvgIpc) is 3.52. The second-order valence-electron chi connectivity index (χ2n) is 11.0. The lowest BCUT2D eigenvalue weighted by atomic mass is 9.90. The van der Waals surface area contributed by atoms with Crippen LogP contribution in [-0.4, -0.2) is 61.7 Å². The van der Waals surface area contributed by atoms with E-state index in [0.29, 0.717) is 18.2 Å². The van der Waals surface area contributed by atoms with Gasteiger partial charge in [-0.2, -0.15) is 0 Å². The number of hydrogen-bond donors (Lipinski definition) is 0. The number of piperidine rings is 1. The number of thiazole rings is 1. The van der Waals surface area contributed by atoms with Crippen LogP contribution in [0.1, 0.15) is 45.0 Å². The summed E-state index contributed by atoms with van der Waals surface area (Å²) in [7, 11) is 4.99. The molecule has 0 atom stereocenters. The molecule has 0 spiro atoms. The standard InChI is InChI=1S/C35H41N3O4S/c1-40-30-12-9-29(10-13-30)23-37(18-15-27-11-14-32(41-2)33(22-27)42-3)24-34-36-31(25-43-34)35(39)38-19-16-28(17-20-38)21-26-7-5-4-6-8-26/h4-14,22,25,28H,15-21,23-24H2,1-3H3. The van der Waals surface area contributed by atoms with E-state index >= 15 is 0 Å². The van der Waals surface area contributed by atoms with Gasteiger partial charge in [0.1, 0.15) is 16.5 Å². The Morgan fingerprint density at radius 3 is 2.28 bits per heavy atom. The largest absolute Gasteiger partial charge is 0.497 e. The summed E-state index contributed by atoms with van der Waals surface area (Å²) in [5, 5.41) is 2.87. The van der Waals surface area contributed by atoms with Crippen LogP contribution in [0.3, 0.4) is 0 Å². The second-order valence-corrected chi connectivity index (χ2v) is 12.0. The third kappa shape index (κ3) is 8.36. The number of likely N-dealkylation sites (tertiary alicyclic amines) is 1.